The second kappa shape index (κ2) is 1.76. The highest BCUT2D eigenvalue weighted by molar-refractivity contribution is 7.05. The van der Waals surface area contributed by atoms with Gasteiger partial charge in [-0.05, 0) is 30.1 Å². The summed E-state index contributed by atoms with van der Waals surface area (Å²) in [6.07, 6.45) is 0. The number of rotatable bonds is 0. The Bertz CT molecular complexity index is 145. The molecule has 1 aromatic rings. The van der Waals surface area contributed by atoms with Crippen LogP contribution in [0.4, 0.5) is 0 Å². The van der Waals surface area contributed by atoms with Gasteiger partial charge in [0.05, 0.1) is 0 Å². The van der Waals surface area contributed by atoms with E-state index in [0.29, 0.717) is 5.28 Å². The molecule has 0 bridgehead atoms. The fourth-order valence-corrected chi connectivity index (χ4v) is 0.930. The van der Waals surface area contributed by atoms with Gasteiger partial charge in [-0.1, -0.05) is 0 Å². The minimum atomic E-state index is 0.350. The first-order chi connectivity index (χ1) is 3.29. The van der Waals surface area contributed by atoms with Gasteiger partial charge in [0.15, 0.2) is 0 Å². The van der Waals surface area contributed by atoms with E-state index in [1.54, 1.807) is 0 Å². The predicted octanol–water partition coefficient (Wildman–Crippen LogP) is 1.50. The first kappa shape index (κ1) is 5.00. The van der Waals surface area contributed by atoms with Crippen LogP contribution >= 0.6 is 23.1 Å². The Morgan fingerprint density at radius 1 is 1.71 bits per heavy atom. The molecule has 0 aliphatic carbocycles. The second-order valence-corrected chi connectivity index (χ2v) is 2.38. The average Bonchev–Trinajstić information content (AvgIpc) is 1.87. The van der Waals surface area contributed by atoms with Crippen LogP contribution < -0.4 is 0 Å². The van der Waals surface area contributed by atoms with E-state index in [1.165, 1.54) is 11.5 Å². The van der Waals surface area contributed by atoms with Crippen molar-refractivity contribution in [3.05, 3.63) is 10.3 Å². The summed E-state index contributed by atoms with van der Waals surface area (Å²) in [7, 11) is 0. The van der Waals surface area contributed by atoms with E-state index in [4.69, 9.17) is 11.6 Å². The van der Waals surface area contributed by atoms with Crippen molar-refractivity contribution in [1.29, 1.82) is 0 Å². The lowest BCUT2D eigenvalue weighted by atomic mass is 10.8. The molecule has 0 unspecified atom stereocenters. The highest BCUT2D eigenvalue weighted by atomic mass is 35.5. The van der Waals surface area contributed by atoms with E-state index in [9.17, 15) is 0 Å². The third-order valence-electron chi connectivity index (χ3n) is 0.503. The van der Waals surface area contributed by atoms with Gasteiger partial charge in [-0.25, -0.2) is 4.98 Å². The molecule has 0 aromatic carbocycles. The van der Waals surface area contributed by atoms with Crippen molar-refractivity contribution >= 4 is 23.1 Å². The Labute approximate surface area is 50.3 Å². The molecule has 1 aromatic heterocycles. The van der Waals surface area contributed by atoms with Crippen LogP contribution in [0.25, 0.3) is 0 Å². The van der Waals surface area contributed by atoms with Gasteiger partial charge in [-0.2, -0.15) is 4.37 Å². The molecule has 1 rings (SSSR count). The molecule has 0 fully saturated rings. The van der Waals surface area contributed by atoms with Crippen LogP contribution in [0, 0.1) is 6.92 Å². The Morgan fingerprint density at radius 3 is 2.57 bits per heavy atom. The van der Waals surface area contributed by atoms with Crippen LogP contribution in [-0.2, 0) is 0 Å². The second-order valence-electron chi connectivity index (χ2n) is 1.08. The molecule has 1 heterocycles. The van der Waals surface area contributed by atoms with Gasteiger partial charge in [-0.15, -0.1) is 0 Å². The van der Waals surface area contributed by atoms with Crippen molar-refractivity contribution in [2.24, 2.45) is 0 Å². The zero-order chi connectivity index (χ0) is 5.28. The third-order valence-corrected chi connectivity index (χ3v) is 1.39. The van der Waals surface area contributed by atoms with Gasteiger partial charge in [0.25, 0.3) is 0 Å². The molecule has 0 saturated heterocycles. The summed E-state index contributed by atoms with van der Waals surface area (Å²) in [5, 5.41) is 1.26. The van der Waals surface area contributed by atoms with E-state index in [-0.39, 0.29) is 0 Å². The summed E-state index contributed by atoms with van der Waals surface area (Å²) in [5.74, 6) is 0. The molecular formula is C3H3ClN2S. The molecule has 38 valence electrons. The van der Waals surface area contributed by atoms with Crippen molar-refractivity contribution in [1.82, 2.24) is 9.36 Å². The molecule has 0 aliphatic rings. The van der Waals surface area contributed by atoms with Crippen LogP contribution in [0.2, 0.25) is 5.28 Å². The summed E-state index contributed by atoms with van der Waals surface area (Å²) < 4.78 is 3.71. The molecule has 0 N–H and O–H groups in total. The van der Waals surface area contributed by atoms with Crippen molar-refractivity contribution in [3.8, 4) is 0 Å². The van der Waals surface area contributed by atoms with E-state index >= 15 is 0 Å². The molecule has 0 atom stereocenters. The Hall–Kier alpha value is -0.150. The zero-order valence-electron chi connectivity index (χ0n) is 3.68. The standard InChI is InChI=1S/C3H3ClN2S/c1-2-5-3(4)6-7-2/h1H3. The summed E-state index contributed by atoms with van der Waals surface area (Å²) >= 11 is 6.66. The summed E-state index contributed by atoms with van der Waals surface area (Å²) in [6, 6.07) is 0. The maximum absolute atomic E-state index is 5.35. The first-order valence-corrected chi connectivity index (χ1v) is 2.90. The highest BCUT2D eigenvalue weighted by Crippen LogP contribution is 2.05. The Balaban J connectivity index is 3.04. The van der Waals surface area contributed by atoms with Gasteiger partial charge in [0.2, 0.25) is 5.28 Å². The highest BCUT2D eigenvalue weighted by Gasteiger charge is 1.90. The number of aryl methyl sites for hydroxylation is 1. The third kappa shape index (κ3) is 1.11. The van der Waals surface area contributed by atoms with Gasteiger partial charge in [0.1, 0.15) is 5.01 Å². The monoisotopic (exact) mass is 134 g/mol. The number of aromatic nitrogens is 2. The van der Waals surface area contributed by atoms with Crippen molar-refractivity contribution < 1.29 is 0 Å². The fraction of sp³-hybridized carbons (Fsp3) is 0.333. The molecule has 0 saturated carbocycles. The van der Waals surface area contributed by atoms with E-state index < -0.39 is 0 Å². The molecular weight excluding hydrogens is 132 g/mol. The Morgan fingerprint density at radius 2 is 2.43 bits per heavy atom. The normalized spacial score (nSPS) is 9.43. The first-order valence-electron chi connectivity index (χ1n) is 1.75. The number of nitrogens with zero attached hydrogens (tertiary/aromatic N) is 2. The lowest BCUT2D eigenvalue weighted by molar-refractivity contribution is 1.26. The molecule has 7 heavy (non-hydrogen) atoms. The molecule has 0 spiro atoms. The van der Waals surface area contributed by atoms with E-state index in [2.05, 4.69) is 9.36 Å². The van der Waals surface area contributed by atoms with Crippen LogP contribution in [0.5, 0.6) is 0 Å². The van der Waals surface area contributed by atoms with Crippen LogP contribution in [0.15, 0.2) is 0 Å². The molecule has 2 nitrogen and oxygen atoms in total. The summed E-state index contributed by atoms with van der Waals surface area (Å²) in [6.45, 7) is 1.86. The molecule has 0 amide bonds. The molecule has 0 aliphatic heterocycles. The maximum Gasteiger partial charge on any atom is 0.234 e. The van der Waals surface area contributed by atoms with Crippen molar-refractivity contribution in [2.75, 3.05) is 0 Å². The minimum Gasteiger partial charge on any atom is -0.210 e. The molecule has 4 heteroatoms. The number of hydrogen-bond donors (Lipinski definition) is 0. The average molecular weight is 135 g/mol. The van der Waals surface area contributed by atoms with Crippen LogP contribution in [0.3, 0.4) is 0 Å². The predicted molar refractivity (Wildman–Crippen MR) is 29.7 cm³/mol. The smallest absolute Gasteiger partial charge is 0.210 e. The number of halogens is 1. The van der Waals surface area contributed by atoms with Gasteiger partial charge >= 0.3 is 0 Å². The lowest BCUT2D eigenvalue weighted by Gasteiger charge is -1.65. The maximum atomic E-state index is 5.35. The van der Waals surface area contributed by atoms with Crippen LogP contribution in [0.1, 0.15) is 5.01 Å². The van der Waals surface area contributed by atoms with Gasteiger partial charge in [0, 0.05) is 0 Å². The fourth-order valence-electron chi connectivity index (χ4n) is 0.274. The Kier molecular flexibility index (Phi) is 1.25. The SMILES string of the molecule is Cc1nc(Cl)ns1. The topological polar surface area (TPSA) is 25.8 Å². The summed E-state index contributed by atoms with van der Waals surface area (Å²) in [5.41, 5.74) is 0. The zero-order valence-corrected chi connectivity index (χ0v) is 5.25. The molecule has 0 radical (unpaired) electrons. The quantitative estimate of drug-likeness (QED) is 0.538. The largest absolute Gasteiger partial charge is 0.234 e. The summed E-state index contributed by atoms with van der Waals surface area (Å²) in [4.78, 5) is 3.78. The number of hydrogen-bond acceptors (Lipinski definition) is 3. The van der Waals surface area contributed by atoms with Gasteiger partial charge < -0.3 is 0 Å². The van der Waals surface area contributed by atoms with Crippen molar-refractivity contribution in [2.45, 2.75) is 6.92 Å². The van der Waals surface area contributed by atoms with Crippen LogP contribution in [-0.4, -0.2) is 9.36 Å². The van der Waals surface area contributed by atoms with Gasteiger partial charge in [-0.3, -0.25) is 0 Å². The minimum absolute atomic E-state index is 0.350. The van der Waals surface area contributed by atoms with E-state index in [1.807, 2.05) is 6.92 Å². The van der Waals surface area contributed by atoms with E-state index in [0.717, 1.165) is 5.01 Å². The van der Waals surface area contributed by atoms with Crippen molar-refractivity contribution in [3.63, 3.8) is 0 Å². The lowest BCUT2D eigenvalue weighted by Crippen LogP contribution is -1.62.